The molecule has 1 aliphatic rings. The Labute approximate surface area is 124 Å². The molecule has 0 saturated heterocycles. The van der Waals surface area contributed by atoms with Gasteiger partial charge < -0.3 is 4.90 Å². The fourth-order valence-electron chi connectivity index (χ4n) is 2.43. The third kappa shape index (κ3) is 2.36. The number of nitriles is 1. The van der Waals surface area contributed by atoms with Gasteiger partial charge in [-0.25, -0.2) is 0 Å². The first-order valence-electron chi connectivity index (χ1n) is 6.93. The van der Waals surface area contributed by atoms with Crippen LogP contribution in [0.2, 0.25) is 0 Å². The fraction of sp³-hybridized carbons (Fsp3) is 0.353. The molecule has 1 aromatic rings. The van der Waals surface area contributed by atoms with Gasteiger partial charge in [0.25, 0.3) is 5.91 Å². The first kappa shape index (κ1) is 15.0. The van der Waals surface area contributed by atoms with E-state index in [-0.39, 0.29) is 22.8 Å². The second-order valence-electron chi connectivity index (χ2n) is 6.01. The number of rotatable bonds is 2. The van der Waals surface area contributed by atoms with Crippen LogP contribution >= 0.6 is 0 Å². The third-order valence-electron chi connectivity index (χ3n) is 3.51. The highest BCUT2D eigenvalue weighted by Gasteiger charge is 2.37. The molecular formula is C17H18N2O2. The zero-order valence-corrected chi connectivity index (χ0v) is 12.7. The van der Waals surface area contributed by atoms with Gasteiger partial charge in [-0.15, -0.1) is 0 Å². The number of amides is 1. The Morgan fingerprint density at radius 1 is 1.29 bits per heavy atom. The van der Waals surface area contributed by atoms with Gasteiger partial charge in [-0.05, 0) is 13.0 Å². The second-order valence-corrected chi connectivity index (χ2v) is 6.01. The van der Waals surface area contributed by atoms with Crippen LogP contribution in [-0.2, 0) is 9.59 Å². The number of para-hydroxylation sites is 1. The SMILES string of the molecule is CCN1C(=O)/C(=C(/C#N)C(=O)C(C)(C)C)c2ccccc21. The number of hydrogen-bond donors (Lipinski definition) is 0. The molecule has 21 heavy (non-hydrogen) atoms. The Kier molecular flexibility index (Phi) is 3.69. The van der Waals surface area contributed by atoms with Crippen LogP contribution in [0.25, 0.3) is 5.57 Å². The van der Waals surface area contributed by atoms with Crippen molar-refractivity contribution in [3.63, 3.8) is 0 Å². The molecule has 0 unspecified atom stereocenters. The third-order valence-corrected chi connectivity index (χ3v) is 3.51. The summed E-state index contributed by atoms with van der Waals surface area (Å²) in [5.74, 6) is -0.575. The van der Waals surface area contributed by atoms with Crippen LogP contribution in [0.3, 0.4) is 0 Å². The number of fused-ring (bicyclic) bond motifs is 1. The van der Waals surface area contributed by atoms with Crippen molar-refractivity contribution in [3.05, 3.63) is 35.4 Å². The van der Waals surface area contributed by atoms with E-state index in [4.69, 9.17) is 0 Å². The van der Waals surface area contributed by atoms with Gasteiger partial charge in [0.05, 0.1) is 11.3 Å². The van der Waals surface area contributed by atoms with Crippen molar-refractivity contribution in [1.82, 2.24) is 0 Å². The summed E-state index contributed by atoms with van der Waals surface area (Å²) in [6.45, 7) is 7.61. The van der Waals surface area contributed by atoms with Crippen LogP contribution in [0.15, 0.2) is 29.8 Å². The van der Waals surface area contributed by atoms with Crippen LogP contribution in [0.4, 0.5) is 5.69 Å². The van der Waals surface area contributed by atoms with Gasteiger partial charge in [0.15, 0.2) is 5.78 Å². The predicted molar refractivity (Wildman–Crippen MR) is 81.5 cm³/mol. The minimum Gasteiger partial charge on any atom is -0.308 e. The molecule has 1 amide bonds. The van der Waals surface area contributed by atoms with E-state index in [2.05, 4.69) is 0 Å². The van der Waals surface area contributed by atoms with Gasteiger partial charge in [0.2, 0.25) is 0 Å². The average molecular weight is 282 g/mol. The fourth-order valence-corrected chi connectivity index (χ4v) is 2.43. The normalized spacial score (nSPS) is 16.5. The maximum atomic E-state index is 12.6. The van der Waals surface area contributed by atoms with E-state index < -0.39 is 5.41 Å². The number of Topliss-reactive ketones (excluding diaryl/α,β-unsaturated/α-hetero) is 1. The van der Waals surface area contributed by atoms with E-state index in [0.29, 0.717) is 12.1 Å². The number of carbonyl (C=O) groups excluding carboxylic acids is 2. The number of ketones is 1. The topological polar surface area (TPSA) is 61.2 Å². The highest BCUT2D eigenvalue weighted by atomic mass is 16.2. The van der Waals surface area contributed by atoms with Crippen molar-refractivity contribution in [2.75, 3.05) is 11.4 Å². The standard InChI is InChI=1S/C17H18N2O2/c1-5-19-13-9-7-6-8-11(13)14(16(19)21)12(10-18)15(20)17(2,3)4/h6-9H,5H2,1-4H3/b14-12-. The lowest BCUT2D eigenvalue weighted by atomic mass is 9.84. The van der Waals surface area contributed by atoms with Crippen LogP contribution in [-0.4, -0.2) is 18.2 Å². The summed E-state index contributed by atoms with van der Waals surface area (Å²) < 4.78 is 0. The lowest BCUT2D eigenvalue weighted by molar-refractivity contribution is -0.122. The Balaban J connectivity index is 2.73. The molecule has 0 aromatic heterocycles. The van der Waals surface area contributed by atoms with Gasteiger partial charge in [-0.2, -0.15) is 5.26 Å². The van der Waals surface area contributed by atoms with E-state index in [9.17, 15) is 14.9 Å². The Bertz CT molecular complexity index is 687. The molecule has 4 heteroatoms. The largest absolute Gasteiger partial charge is 0.308 e. The highest BCUT2D eigenvalue weighted by Crippen LogP contribution is 2.39. The zero-order valence-electron chi connectivity index (χ0n) is 12.7. The molecule has 0 aliphatic carbocycles. The summed E-state index contributed by atoms with van der Waals surface area (Å²) in [5, 5.41) is 9.42. The molecule has 1 heterocycles. The predicted octanol–water partition coefficient (Wildman–Crippen LogP) is 2.95. The van der Waals surface area contributed by atoms with Crippen molar-refractivity contribution in [2.45, 2.75) is 27.7 Å². The molecule has 1 aliphatic heterocycles. The number of hydrogen-bond acceptors (Lipinski definition) is 3. The molecule has 0 atom stereocenters. The molecule has 2 rings (SSSR count). The van der Waals surface area contributed by atoms with Gasteiger partial charge in [0.1, 0.15) is 11.6 Å². The van der Waals surface area contributed by atoms with Gasteiger partial charge >= 0.3 is 0 Å². The molecule has 1 aromatic carbocycles. The van der Waals surface area contributed by atoms with E-state index in [1.807, 2.05) is 31.2 Å². The van der Waals surface area contributed by atoms with E-state index in [0.717, 1.165) is 5.69 Å². The lowest BCUT2D eigenvalue weighted by Crippen LogP contribution is -2.28. The summed E-state index contributed by atoms with van der Waals surface area (Å²) in [7, 11) is 0. The van der Waals surface area contributed by atoms with E-state index >= 15 is 0 Å². The number of likely N-dealkylation sites (N-methyl/N-ethyl adjacent to an activating group) is 1. The van der Waals surface area contributed by atoms with Crippen molar-refractivity contribution in [3.8, 4) is 6.07 Å². The van der Waals surface area contributed by atoms with Crippen LogP contribution in [0, 0.1) is 16.7 Å². The molecule has 0 saturated carbocycles. The molecule has 0 radical (unpaired) electrons. The number of anilines is 1. The maximum Gasteiger partial charge on any atom is 0.260 e. The molecule has 4 nitrogen and oxygen atoms in total. The molecular weight excluding hydrogens is 264 g/mol. The summed E-state index contributed by atoms with van der Waals surface area (Å²) in [6, 6.07) is 9.22. The molecule has 0 spiro atoms. The van der Waals surface area contributed by atoms with Gasteiger partial charge in [-0.1, -0.05) is 39.0 Å². The summed E-state index contributed by atoms with van der Waals surface area (Å²) in [5.41, 5.74) is 0.908. The first-order valence-corrected chi connectivity index (χ1v) is 6.93. The lowest BCUT2D eigenvalue weighted by Gasteiger charge is -2.17. The van der Waals surface area contributed by atoms with Crippen molar-refractivity contribution in [2.24, 2.45) is 5.41 Å². The Morgan fingerprint density at radius 3 is 2.43 bits per heavy atom. The van der Waals surface area contributed by atoms with Crippen LogP contribution in [0.1, 0.15) is 33.3 Å². The van der Waals surface area contributed by atoms with Crippen LogP contribution in [0.5, 0.6) is 0 Å². The summed E-state index contributed by atoms with van der Waals surface area (Å²) >= 11 is 0. The molecule has 0 N–H and O–H groups in total. The van der Waals surface area contributed by atoms with Crippen LogP contribution < -0.4 is 4.90 Å². The Hall–Kier alpha value is -2.41. The summed E-state index contributed by atoms with van der Waals surface area (Å²) in [6.07, 6.45) is 0. The number of allylic oxidation sites excluding steroid dienone is 1. The average Bonchev–Trinajstić information content (AvgIpc) is 2.71. The minimum atomic E-state index is -0.701. The monoisotopic (exact) mass is 282 g/mol. The second kappa shape index (κ2) is 5.17. The van der Waals surface area contributed by atoms with E-state index in [1.165, 1.54) is 0 Å². The van der Waals surface area contributed by atoms with Gasteiger partial charge in [0, 0.05) is 17.5 Å². The maximum absolute atomic E-state index is 12.6. The first-order chi connectivity index (χ1) is 9.82. The number of benzene rings is 1. The van der Waals surface area contributed by atoms with Crippen molar-refractivity contribution >= 4 is 23.0 Å². The van der Waals surface area contributed by atoms with Crippen molar-refractivity contribution in [1.29, 1.82) is 5.26 Å². The highest BCUT2D eigenvalue weighted by molar-refractivity contribution is 6.37. The smallest absolute Gasteiger partial charge is 0.260 e. The number of nitrogens with zero attached hydrogens (tertiary/aromatic N) is 2. The molecule has 108 valence electrons. The zero-order chi connectivity index (χ0) is 15.8. The number of carbonyl (C=O) groups is 2. The Morgan fingerprint density at radius 2 is 1.90 bits per heavy atom. The molecule has 0 bridgehead atoms. The van der Waals surface area contributed by atoms with Gasteiger partial charge in [-0.3, -0.25) is 9.59 Å². The minimum absolute atomic E-state index is 0.0455. The molecule has 0 fully saturated rings. The van der Waals surface area contributed by atoms with Crippen molar-refractivity contribution < 1.29 is 9.59 Å². The van der Waals surface area contributed by atoms with E-state index in [1.54, 1.807) is 31.7 Å². The summed E-state index contributed by atoms with van der Waals surface area (Å²) in [4.78, 5) is 26.7. The quantitative estimate of drug-likeness (QED) is 0.619.